The highest BCUT2D eigenvalue weighted by atomic mass is 16.5. The summed E-state index contributed by atoms with van der Waals surface area (Å²) < 4.78 is 17.4. The maximum Gasteiger partial charge on any atom is 0.254 e. The highest BCUT2D eigenvalue weighted by Crippen LogP contribution is 2.42. The molecule has 1 aromatic carbocycles. The molecule has 1 fully saturated rings. The zero-order valence-electron chi connectivity index (χ0n) is 21.9. The van der Waals surface area contributed by atoms with Crippen LogP contribution < -0.4 is 10.1 Å². The lowest BCUT2D eigenvalue weighted by Gasteiger charge is -2.25. The standard InChI is InChI=1S/C29H29N5O4/c1-17-12-19(29(35)34(3)4)15-32-27(17)24-14-23-28(38-24)26(25(36-5)16-31-23)18-6-7-21(22(13-18)30-2)33-20-8-10-37-11-9-20/h6-7,12-16,20,33H,8-11H2,1,3-5H3. The molecule has 4 heterocycles. The van der Waals surface area contributed by atoms with E-state index in [1.165, 1.54) is 4.90 Å². The molecule has 1 saturated heterocycles. The van der Waals surface area contributed by atoms with Gasteiger partial charge in [-0.15, -0.1) is 0 Å². The van der Waals surface area contributed by atoms with Gasteiger partial charge in [-0.2, -0.15) is 0 Å². The molecule has 1 aliphatic heterocycles. The van der Waals surface area contributed by atoms with E-state index in [9.17, 15) is 4.79 Å². The summed E-state index contributed by atoms with van der Waals surface area (Å²) in [6.07, 6.45) is 5.02. The fourth-order valence-corrected chi connectivity index (χ4v) is 4.68. The number of nitrogens with zero attached hydrogens (tertiary/aromatic N) is 4. The minimum Gasteiger partial charge on any atom is -0.494 e. The molecule has 1 amide bonds. The van der Waals surface area contributed by atoms with E-state index in [1.54, 1.807) is 39.7 Å². The molecule has 0 atom stereocenters. The third-order valence-corrected chi connectivity index (χ3v) is 6.68. The number of aromatic nitrogens is 2. The number of furan rings is 1. The van der Waals surface area contributed by atoms with Gasteiger partial charge in [-0.25, -0.2) is 9.83 Å². The number of methoxy groups -OCH3 is 1. The van der Waals surface area contributed by atoms with Crippen LogP contribution in [0, 0.1) is 13.5 Å². The van der Waals surface area contributed by atoms with E-state index in [-0.39, 0.29) is 11.9 Å². The van der Waals surface area contributed by atoms with Crippen molar-refractivity contribution in [2.45, 2.75) is 25.8 Å². The Kier molecular flexibility index (Phi) is 6.99. The second-order valence-electron chi connectivity index (χ2n) is 9.49. The van der Waals surface area contributed by atoms with Crippen molar-refractivity contribution in [1.82, 2.24) is 14.9 Å². The second-order valence-corrected chi connectivity index (χ2v) is 9.49. The van der Waals surface area contributed by atoms with E-state index in [4.69, 9.17) is 20.5 Å². The zero-order valence-corrected chi connectivity index (χ0v) is 21.9. The van der Waals surface area contributed by atoms with Crippen LogP contribution in [0.4, 0.5) is 11.4 Å². The van der Waals surface area contributed by atoms with Gasteiger partial charge in [0, 0.05) is 51.3 Å². The molecule has 5 rings (SSSR count). The number of rotatable bonds is 6. The van der Waals surface area contributed by atoms with E-state index < -0.39 is 0 Å². The number of ether oxygens (including phenoxy) is 2. The molecule has 9 heteroatoms. The van der Waals surface area contributed by atoms with Crippen molar-refractivity contribution in [2.75, 3.05) is 39.7 Å². The number of nitrogens with one attached hydrogen (secondary N) is 1. The Labute approximate surface area is 221 Å². The van der Waals surface area contributed by atoms with Crippen LogP contribution in [0.25, 0.3) is 38.5 Å². The van der Waals surface area contributed by atoms with Gasteiger partial charge >= 0.3 is 0 Å². The molecule has 3 aromatic heterocycles. The van der Waals surface area contributed by atoms with Gasteiger partial charge in [-0.3, -0.25) is 9.78 Å². The number of pyridine rings is 2. The molecule has 0 spiro atoms. The monoisotopic (exact) mass is 511 g/mol. The SMILES string of the molecule is [C-]#[N+]c1cc(-c2c(OC)cnc3cc(-c4ncc(C(=O)N(C)C)cc4C)oc23)ccc1NC1CCOCC1. The maximum absolute atomic E-state index is 12.4. The van der Waals surface area contributed by atoms with Gasteiger partial charge in [0.2, 0.25) is 5.69 Å². The van der Waals surface area contributed by atoms with Crippen LogP contribution in [0.5, 0.6) is 5.75 Å². The highest BCUT2D eigenvalue weighted by Gasteiger charge is 2.21. The van der Waals surface area contributed by atoms with Gasteiger partial charge < -0.3 is 24.1 Å². The van der Waals surface area contributed by atoms with Crippen LogP contribution in [-0.2, 0) is 4.74 Å². The summed E-state index contributed by atoms with van der Waals surface area (Å²) in [5.41, 5.74) is 5.94. The largest absolute Gasteiger partial charge is 0.494 e. The van der Waals surface area contributed by atoms with Crippen LogP contribution in [0.15, 0.2) is 47.1 Å². The van der Waals surface area contributed by atoms with Gasteiger partial charge in [-0.1, -0.05) is 6.07 Å². The number of carbonyl (C=O) groups excluding carboxylic acids is 1. The summed E-state index contributed by atoms with van der Waals surface area (Å²) in [4.78, 5) is 26.7. The topological polar surface area (TPSA) is 94.1 Å². The normalized spacial score (nSPS) is 13.8. The lowest BCUT2D eigenvalue weighted by atomic mass is 10.0. The molecule has 194 valence electrons. The first kappa shape index (κ1) is 25.2. The molecule has 0 saturated carbocycles. The van der Waals surface area contributed by atoms with Crippen LogP contribution in [0.3, 0.4) is 0 Å². The molecule has 4 aromatic rings. The summed E-state index contributed by atoms with van der Waals surface area (Å²) in [7, 11) is 5.00. The number of hydrogen-bond acceptors (Lipinski definition) is 7. The van der Waals surface area contributed by atoms with Crippen molar-refractivity contribution < 1.29 is 18.7 Å². The molecule has 0 aliphatic carbocycles. The van der Waals surface area contributed by atoms with Crippen molar-refractivity contribution in [3.63, 3.8) is 0 Å². The third-order valence-electron chi connectivity index (χ3n) is 6.68. The number of benzene rings is 1. The lowest BCUT2D eigenvalue weighted by Crippen LogP contribution is -2.27. The Morgan fingerprint density at radius 1 is 1.16 bits per heavy atom. The van der Waals surface area contributed by atoms with Gasteiger partial charge in [0.1, 0.15) is 17.0 Å². The Bertz CT molecular complexity index is 1550. The van der Waals surface area contributed by atoms with Crippen molar-refractivity contribution >= 4 is 28.4 Å². The van der Waals surface area contributed by atoms with Crippen LogP contribution in [-0.4, -0.2) is 61.2 Å². The predicted molar refractivity (Wildman–Crippen MR) is 146 cm³/mol. The summed E-state index contributed by atoms with van der Waals surface area (Å²) in [5, 5.41) is 3.50. The van der Waals surface area contributed by atoms with E-state index in [0.29, 0.717) is 45.1 Å². The molecule has 0 unspecified atom stereocenters. The molecule has 38 heavy (non-hydrogen) atoms. The average molecular weight is 512 g/mol. The number of amides is 1. The number of anilines is 1. The first-order valence-corrected chi connectivity index (χ1v) is 12.4. The van der Waals surface area contributed by atoms with Crippen LogP contribution in [0.2, 0.25) is 0 Å². The number of carbonyl (C=O) groups is 1. The smallest absolute Gasteiger partial charge is 0.254 e. The molecule has 0 radical (unpaired) electrons. The average Bonchev–Trinajstić information content (AvgIpc) is 3.36. The number of fused-ring (bicyclic) bond motifs is 1. The first-order valence-electron chi connectivity index (χ1n) is 12.4. The molecular formula is C29H29N5O4. The zero-order chi connectivity index (χ0) is 26.8. The quantitative estimate of drug-likeness (QED) is 0.331. The molecular weight excluding hydrogens is 482 g/mol. The Morgan fingerprint density at radius 3 is 2.63 bits per heavy atom. The van der Waals surface area contributed by atoms with Crippen molar-refractivity contribution in [2.24, 2.45) is 0 Å². The molecule has 1 aliphatic rings. The highest BCUT2D eigenvalue weighted by molar-refractivity contribution is 5.97. The van der Waals surface area contributed by atoms with E-state index in [2.05, 4.69) is 20.1 Å². The van der Waals surface area contributed by atoms with E-state index in [1.807, 2.05) is 31.2 Å². The Hall–Kier alpha value is -4.42. The van der Waals surface area contributed by atoms with Gasteiger partial charge in [0.15, 0.2) is 11.3 Å². The lowest BCUT2D eigenvalue weighted by molar-refractivity contribution is 0.0827. The fraction of sp³-hybridized carbons (Fsp3) is 0.310. The number of aryl methyl sites for hydroxylation is 1. The minimum absolute atomic E-state index is 0.115. The van der Waals surface area contributed by atoms with Crippen LogP contribution in [0.1, 0.15) is 28.8 Å². The minimum atomic E-state index is -0.115. The fourth-order valence-electron chi connectivity index (χ4n) is 4.68. The first-order chi connectivity index (χ1) is 18.4. The summed E-state index contributed by atoms with van der Waals surface area (Å²) in [6, 6.07) is 9.65. The van der Waals surface area contributed by atoms with Crippen molar-refractivity contribution in [3.05, 3.63) is 65.3 Å². The van der Waals surface area contributed by atoms with Gasteiger partial charge in [-0.05, 0) is 49.1 Å². The Morgan fingerprint density at radius 2 is 1.95 bits per heavy atom. The second kappa shape index (κ2) is 10.5. The van der Waals surface area contributed by atoms with E-state index in [0.717, 1.165) is 42.9 Å². The van der Waals surface area contributed by atoms with Gasteiger partial charge in [0.05, 0.1) is 31.0 Å². The number of hydrogen-bond donors (Lipinski definition) is 1. The van der Waals surface area contributed by atoms with Gasteiger partial charge in [0.25, 0.3) is 5.91 Å². The summed E-state index contributed by atoms with van der Waals surface area (Å²) in [5.74, 6) is 0.957. The van der Waals surface area contributed by atoms with E-state index >= 15 is 0 Å². The third kappa shape index (κ3) is 4.78. The molecule has 9 nitrogen and oxygen atoms in total. The van der Waals surface area contributed by atoms with Crippen LogP contribution >= 0.6 is 0 Å². The maximum atomic E-state index is 12.4. The molecule has 0 bridgehead atoms. The molecule has 1 N–H and O–H groups in total. The van der Waals surface area contributed by atoms with Crippen molar-refractivity contribution in [3.8, 4) is 28.3 Å². The predicted octanol–water partition coefficient (Wildman–Crippen LogP) is 5.72. The Balaban J connectivity index is 1.56. The summed E-state index contributed by atoms with van der Waals surface area (Å²) in [6.45, 7) is 11.1. The summed E-state index contributed by atoms with van der Waals surface area (Å²) >= 11 is 0. The van der Waals surface area contributed by atoms with Crippen molar-refractivity contribution in [1.29, 1.82) is 0 Å².